The summed E-state index contributed by atoms with van der Waals surface area (Å²) in [5.74, 6) is 1.20. The predicted molar refractivity (Wildman–Crippen MR) is 119 cm³/mol. The molecule has 1 unspecified atom stereocenters. The number of nitrogens with one attached hydrogen (secondary N) is 2. The van der Waals surface area contributed by atoms with Gasteiger partial charge in [0.2, 0.25) is 5.95 Å². The van der Waals surface area contributed by atoms with Crippen LogP contribution in [0.1, 0.15) is 51.4 Å². The first-order chi connectivity index (χ1) is 15.1. The van der Waals surface area contributed by atoms with Gasteiger partial charge in [-0.25, -0.2) is 15.0 Å². The molecule has 1 fully saturated rings. The number of imidazole rings is 1. The van der Waals surface area contributed by atoms with Crippen molar-refractivity contribution in [3.63, 3.8) is 0 Å². The van der Waals surface area contributed by atoms with Crippen molar-refractivity contribution in [1.82, 2.24) is 24.8 Å². The van der Waals surface area contributed by atoms with Gasteiger partial charge in [0.25, 0.3) is 0 Å². The molecule has 32 heavy (non-hydrogen) atoms. The lowest BCUT2D eigenvalue weighted by Crippen LogP contribution is -2.23. The number of aromatic nitrogens is 4. The molecule has 3 heterocycles. The minimum Gasteiger partial charge on any atom is -0.326 e. The average Bonchev–Trinajstić information content (AvgIpc) is 3.32. The number of aryl methyl sites for hydroxylation is 1. The number of hydrogen-bond acceptors (Lipinski definition) is 5. The van der Waals surface area contributed by atoms with Gasteiger partial charge in [-0.05, 0) is 49.4 Å². The van der Waals surface area contributed by atoms with Crippen LogP contribution in [0.25, 0.3) is 11.2 Å². The molecule has 9 heteroatoms. The topological polar surface area (TPSA) is 67.7 Å². The molecule has 1 aromatic carbocycles. The highest BCUT2D eigenvalue weighted by Gasteiger charge is 2.30. The highest BCUT2D eigenvalue weighted by atomic mass is 19.4. The summed E-state index contributed by atoms with van der Waals surface area (Å²) in [5.41, 5.74) is 0.986. The largest absolute Gasteiger partial charge is 0.416 e. The van der Waals surface area contributed by atoms with Crippen molar-refractivity contribution in [1.29, 1.82) is 0 Å². The van der Waals surface area contributed by atoms with Crippen LogP contribution >= 0.6 is 0 Å². The maximum absolute atomic E-state index is 13.2. The maximum Gasteiger partial charge on any atom is 0.416 e. The maximum atomic E-state index is 13.2. The quantitative estimate of drug-likeness (QED) is 0.537. The van der Waals surface area contributed by atoms with E-state index in [4.69, 9.17) is 4.98 Å². The summed E-state index contributed by atoms with van der Waals surface area (Å²) < 4.78 is 41.4. The van der Waals surface area contributed by atoms with Crippen molar-refractivity contribution < 1.29 is 13.2 Å². The Morgan fingerprint density at radius 2 is 2.00 bits per heavy atom. The van der Waals surface area contributed by atoms with Gasteiger partial charge < -0.3 is 10.6 Å². The molecule has 6 nitrogen and oxygen atoms in total. The number of benzene rings is 1. The fourth-order valence-corrected chi connectivity index (χ4v) is 4.01. The Hall–Kier alpha value is -2.68. The minimum atomic E-state index is -4.40. The summed E-state index contributed by atoms with van der Waals surface area (Å²) in [7, 11) is 0. The minimum absolute atomic E-state index is 0.0331. The molecule has 4 rings (SSSR count). The van der Waals surface area contributed by atoms with E-state index in [1.165, 1.54) is 6.07 Å². The second kappa shape index (κ2) is 8.69. The molecule has 1 aliphatic rings. The van der Waals surface area contributed by atoms with Crippen LogP contribution in [0.2, 0.25) is 0 Å². The van der Waals surface area contributed by atoms with E-state index < -0.39 is 11.7 Å². The summed E-state index contributed by atoms with van der Waals surface area (Å²) in [5, 5.41) is 6.57. The fraction of sp³-hybridized carbons (Fsp3) is 0.522. The molecular weight excluding hydrogens is 417 g/mol. The number of rotatable bonds is 6. The molecule has 1 aliphatic heterocycles. The monoisotopic (exact) mass is 446 g/mol. The fourth-order valence-electron chi connectivity index (χ4n) is 4.01. The van der Waals surface area contributed by atoms with Crippen LogP contribution in [0.15, 0.2) is 30.5 Å². The van der Waals surface area contributed by atoms with Crippen LogP contribution < -0.4 is 10.6 Å². The smallest absolute Gasteiger partial charge is 0.326 e. The van der Waals surface area contributed by atoms with E-state index in [2.05, 4.69) is 41.4 Å². The average molecular weight is 447 g/mol. The van der Waals surface area contributed by atoms with Gasteiger partial charge in [-0.2, -0.15) is 13.2 Å². The molecule has 1 saturated heterocycles. The zero-order valence-corrected chi connectivity index (χ0v) is 18.6. The van der Waals surface area contributed by atoms with Crippen LogP contribution in [0.4, 0.5) is 24.8 Å². The lowest BCUT2D eigenvalue weighted by atomic mass is 9.92. The molecule has 0 bridgehead atoms. The second-order valence-electron chi connectivity index (χ2n) is 9.61. The number of anilines is 2. The summed E-state index contributed by atoms with van der Waals surface area (Å²) in [6.45, 7) is 8.06. The predicted octanol–water partition coefficient (Wildman–Crippen LogP) is 5.32. The second-order valence-corrected chi connectivity index (χ2v) is 9.61. The van der Waals surface area contributed by atoms with Crippen LogP contribution in [-0.4, -0.2) is 32.1 Å². The van der Waals surface area contributed by atoms with E-state index in [9.17, 15) is 13.2 Å². The Morgan fingerprint density at radius 3 is 2.69 bits per heavy atom. The zero-order chi connectivity index (χ0) is 22.9. The van der Waals surface area contributed by atoms with Crippen molar-refractivity contribution in [3.8, 4) is 0 Å². The summed E-state index contributed by atoms with van der Waals surface area (Å²) >= 11 is 0. The standard InChI is InChI=1S/C23H29F3N6/c1-22(2,3)13-19-28-14-18-20(31-19)32(11-9-16-8-5-10-27-16)21(30-18)29-17-7-4-6-15(12-17)23(24,25)26/h4,6-7,12,14,16,27H,5,8-11,13H2,1-3H3,(H,29,30). The summed E-state index contributed by atoms with van der Waals surface area (Å²) in [6, 6.07) is 5.57. The lowest BCUT2D eigenvalue weighted by Gasteiger charge is -2.17. The molecule has 0 aliphatic carbocycles. The first-order valence-electron chi connectivity index (χ1n) is 11.0. The molecule has 0 amide bonds. The molecule has 0 saturated carbocycles. The van der Waals surface area contributed by atoms with Gasteiger partial charge in [-0.1, -0.05) is 26.8 Å². The van der Waals surface area contributed by atoms with E-state index in [0.717, 1.165) is 43.8 Å². The van der Waals surface area contributed by atoms with Gasteiger partial charge in [-0.3, -0.25) is 4.57 Å². The first kappa shape index (κ1) is 22.5. The Kier molecular flexibility index (Phi) is 6.11. The Morgan fingerprint density at radius 1 is 1.19 bits per heavy atom. The molecule has 1 atom stereocenters. The van der Waals surface area contributed by atoms with Crippen LogP contribution in [-0.2, 0) is 19.1 Å². The van der Waals surface area contributed by atoms with E-state index in [-0.39, 0.29) is 5.41 Å². The third-order valence-electron chi connectivity index (χ3n) is 5.54. The molecule has 0 radical (unpaired) electrons. The van der Waals surface area contributed by atoms with Gasteiger partial charge in [0.15, 0.2) is 5.65 Å². The number of hydrogen-bond donors (Lipinski definition) is 2. The van der Waals surface area contributed by atoms with Gasteiger partial charge in [0.1, 0.15) is 11.3 Å². The van der Waals surface area contributed by atoms with Gasteiger partial charge in [0.05, 0.1) is 11.8 Å². The van der Waals surface area contributed by atoms with Crippen molar-refractivity contribution >= 4 is 22.8 Å². The highest BCUT2D eigenvalue weighted by Crippen LogP contribution is 2.32. The molecular formula is C23H29F3N6. The van der Waals surface area contributed by atoms with Crippen molar-refractivity contribution in [2.24, 2.45) is 5.41 Å². The third kappa shape index (κ3) is 5.38. The molecule has 0 spiro atoms. The van der Waals surface area contributed by atoms with Crippen LogP contribution in [0.3, 0.4) is 0 Å². The van der Waals surface area contributed by atoms with Crippen LogP contribution in [0, 0.1) is 5.41 Å². The highest BCUT2D eigenvalue weighted by molar-refractivity contribution is 5.75. The van der Waals surface area contributed by atoms with Gasteiger partial charge in [0, 0.05) is 24.7 Å². The number of alkyl halides is 3. The van der Waals surface area contributed by atoms with E-state index >= 15 is 0 Å². The first-order valence-corrected chi connectivity index (χ1v) is 11.0. The normalized spacial score (nSPS) is 17.2. The molecule has 2 aromatic heterocycles. The molecule has 2 N–H and O–H groups in total. The summed E-state index contributed by atoms with van der Waals surface area (Å²) in [6.07, 6.45) is 1.18. The van der Waals surface area contributed by atoms with E-state index in [1.54, 1.807) is 12.3 Å². The molecule has 3 aromatic rings. The van der Waals surface area contributed by atoms with Gasteiger partial charge >= 0.3 is 6.18 Å². The van der Waals surface area contributed by atoms with Crippen molar-refractivity contribution in [2.45, 2.75) is 65.2 Å². The van der Waals surface area contributed by atoms with E-state index in [1.807, 2.05) is 4.57 Å². The summed E-state index contributed by atoms with van der Waals surface area (Å²) in [4.78, 5) is 13.8. The van der Waals surface area contributed by atoms with Crippen LogP contribution in [0.5, 0.6) is 0 Å². The van der Waals surface area contributed by atoms with E-state index in [0.29, 0.717) is 41.8 Å². The zero-order valence-electron chi connectivity index (χ0n) is 18.6. The van der Waals surface area contributed by atoms with Crippen molar-refractivity contribution in [2.75, 3.05) is 11.9 Å². The van der Waals surface area contributed by atoms with Crippen molar-refractivity contribution in [3.05, 3.63) is 41.9 Å². The number of halogens is 3. The SMILES string of the molecule is CC(C)(C)Cc1ncc2nc(Nc3cccc(C(F)(F)F)c3)n(CCC3CCCN3)c2n1. The number of fused-ring (bicyclic) bond motifs is 1. The Labute approximate surface area is 185 Å². The number of nitrogens with zero attached hydrogens (tertiary/aromatic N) is 4. The molecule has 172 valence electrons. The van der Waals surface area contributed by atoms with Gasteiger partial charge in [-0.15, -0.1) is 0 Å². The Balaban J connectivity index is 1.69. The Bertz CT molecular complexity index is 1080. The lowest BCUT2D eigenvalue weighted by molar-refractivity contribution is -0.137. The third-order valence-corrected chi connectivity index (χ3v) is 5.54.